The van der Waals surface area contributed by atoms with E-state index in [9.17, 15) is 4.79 Å². The molecule has 0 radical (unpaired) electrons. The van der Waals surface area contributed by atoms with Gasteiger partial charge in [-0.3, -0.25) is 4.79 Å². The van der Waals surface area contributed by atoms with Gasteiger partial charge in [-0.05, 0) is 31.5 Å². The first-order valence-corrected chi connectivity index (χ1v) is 5.07. The molecule has 1 rings (SSSR count). The SMILES string of the molecule is C/C=C(\C)C(=O)NCc1cccc(C#N)c1. The van der Waals surface area contributed by atoms with Crippen LogP contribution in [0.1, 0.15) is 25.0 Å². The van der Waals surface area contributed by atoms with Gasteiger partial charge in [0, 0.05) is 12.1 Å². The van der Waals surface area contributed by atoms with Crippen LogP contribution < -0.4 is 5.32 Å². The van der Waals surface area contributed by atoms with Crippen molar-refractivity contribution in [1.29, 1.82) is 5.26 Å². The normalized spacial score (nSPS) is 10.7. The number of hydrogen-bond donors (Lipinski definition) is 1. The molecule has 0 unspecified atom stereocenters. The minimum Gasteiger partial charge on any atom is -0.348 e. The summed E-state index contributed by atoms with van der Waals surface area (Å²) in [5.74, 6) is -0.0788. The molecule has 0 bridgehead atoms. The maximum absolute atomic E-state index is 11.5. The van der Waals surface area contributed by atoms with Crippen LogP contribution in [0, 0.1) is 11.3 Å². The highest BCUT2D eigenvalue weighted by molar-refractivity contribution is 5.92. The van der Waals surface area contributed by atoms with E-state index in [1.165, 1.54) is 0 Å². The van der Waals surface area contributed by atoms with Crippen LogP contribution in [0.25, 0.3) is 0 Å². The molecule has 0 atom stereocenters. The van der Waals surface area contributed by atoms with E-state index in [1.54, 1.807) is 25.1 Å². The summed E-state index contributed by atoms with van der Waals surface area (Å²) in [5.41, 5.74) is 2.22. The number of benzene rings is 1. The lowest BCUT2D eigenvalue weighted by molar-refractivity contribution is -0.117. The number of nitrogens with zero attached hydrogens (tertiary/aromatic N) is 1. The number of amides is 1. The minimum atomic E-state index is -0.0788. The minimum absolute atomic E-state index is 0.0788. The average Bonchev–Trinajstić information content (AvgIpc) is 2.35. The van der Waals surface area contributed by atoms with Crippen molar-refractivity contribution in [3.63, 3.8) is 0 Å². The van der Waals surface area contributed by atoms with E-state index in [-0.39, 0.29) is 5.91 Å². The van der Waals surface area contributed by atoms with Crippen molar-refractivity contribution >= 4 is 5.91 Å². The fourth-order valence-electron chi connectivity index (χ4n) is 1.20. The Morgan fingerprint density at radius 1 is 1.56 bits per heavy atom. The number of nitrogens with one attached hydrogen (secondary N) is 1. The van der Waals surface area contributed by atoms with Gasteiger partial charge < -0.3 is 5.32 Å². The Morgan fingerprint density at radius 2 is 2.31 bits per heavy atom. The van der Waals surface area contributed by atoms with Gasteiger partial charge in [-0.15, -0.1) is 0 Å². The molecule has 0 aliphatic heterocycles. The van der Waals surface area contributed by atoms with Crippen LogP contribution in [-0.2, 0) is 11.3 Å². The zero-order chi connectivity index (χ0) is 12.0. The number of carbonyl (C=O) groups is 1. The van der Waals surface area contributed by atoms with E-state index in [4.69, 9.17) is 5.26 Å². The highest BCUT2D eigenvalue weighted by Crippen LogP contribution is 2.04. The summed E-state index contributed by atoms with van der Waals surface area (Å²) in [6, 6.07) is 9.26. The van der Waals surface area contributed by atoms with E-state index in [0.717, 1.165) is 5.56 Å². The molecule has 0 aliphatic carbocycles. The molecule has 3 heteroatoms. The second-order valence-corrected chi connectivity index (χ2v) is 3.47. The summed E-state index contributed by atoms with van der Waals surface area (Å²) in [5, 5.41) is 11.5. The first-order chi connectivity index (χ1) is 7.67. The van der Waals surface area contributed by atoms with Gasteiger partial charge in [-0.25, -0.2) is 0 Å². The van der Waals surface area contributed by atoms with Crippen LogP contribution >= 0.6 is 0 Å². The van der Waals surface area contributed by atoms with E-state index >= 15 is 0 Å². The van der Waals surface area contributed by atoms with Crippen LogP contribution in [0.3, 0.4) is 0 Å². The largest absolute Gasteiger partial charge is 0.348 e. The lowest BCUT2D eigenvalue weighted by Crippen LogP contribution is -2.23. The Kier molecular flexibility index (Phi) is 4.28. The predicted octanol–water partition coefficient (Wildman–Crippen LogP) is 2.14. The maximum Gasteiger partial charge on any atom is 0.246 e. The van der Waals surface area contributed by atoms with Crippen LogP contribution in [0.4, 0.5) is 0 Å². The molecule has 1 N–H and O–H groups in total. The summed E-state index contributed by atoms with van der Waals surface area (Å²) < 4.78 is 0. The van der Waals surface area contributed by atoms with Gasteiger partial charge in [-0.1, -0.05) is 18.2 Å². The van der Waals surface area contributed by atoms with Crippen molar-refractivity contribution < 1.29 is 4.79 Å². The van der Waals surface area contributed by atoms with E-state index in [1.807, 2.05) is 19.1 Å². The smallest absolute Gasteiger partial charge is 0.246 e. The van der Waals surface area contributed by atoms with E-state index in [2.05, 4.69) is 11.4 Å². The van der Waals surface area contributed by atoms with Gasteiger partial charge in [0.2, 0.25) is 5.91 Å². The molecule has 0 fully saturated rings. The van der Waals surface area contributed by atoms with Gasteiger partial charge >= 0.3 is 0 Å². The quantitative estimate of drug-likeness (QED) is 0.784. The molecule has 0 saturated carbocycles. The maximum atomic E-state index is 11.5. The van der Waals surface area contributed by atoms with Gasteiger partial charge in [0.15, 0.2) is 0 Å². The van der Waals surface area contributed by atoms with E-state index in [0.29, 0.717) is 17.7 Å². The number of hydrogen-bond acceptors (Lipinski definition) is 2. The third-order valence-electron chi connectivity index (χ3n) is 2.30. The van der Waals surface area contributed by atoms with Crippen molar-refractivity contribution in [3.05, 3.63) is 47.0 Å². The Labute approximate surface area is 95.4 Å². The van der Waals surface area contributed by atoms with Crippen LogP contribution in [0.2, 0.25) is 0 Å². The van der Waals surface area contributed by atoms with Crippen molar-refractivity contribution in [2.75, 3.05) is 0 Å². The van der Waals surface area contributed by atoms with Crippen molar-refractivity contribution in [3.8, 4) is 6.07 Å². The monoisotopic (exact) mass is 214 g/mol. The fourth-order valence-corrected chi connectivity index (χ4v) is 1.20. The summed E-state index contributed by atoms with van der Waals surface area (Å²) in [6.45, 7) is 4.03. The third-order valence-corrected chi connectivity index (χ3v) is 2.30. The molecule has 0 aromatic heterocycles. The van der Waals surface area contributed by atoms with Crippen molar-refractivity contribution in [1.82, 2.24) is 5.32 Å². The molecular weight excluding hydrogens is 200 g/mol. The molecular formula is C13H14N2O. The highest BCUT2D eigenvalue weighted by Gasteiger charge is 2.02. The molecule has 1 aromatic rings. The molecule has 1 aromatic carbocycles. The first kappa shape index (κ1) is 12.0. The second-order valence-electron chi connectivity index (χ2n) is 3.47. The fraction of sp³-hybridized carbons (Fsp3) is 0.231. The lowest BCUT2D eigenvalue weighted by atomic mass is 10.1. The Morgan fingerprint density at radius 3 is 2.94 bits per heavy atom. The van der Waals surface area contributed by atoms with Gasteiger partial charge in [0.05, 0.1) is 11.6 Å². The van der Waals surface area contributed by atoms with Gasteiger partial charge in [0.25, 0.3) is 0 Å². The molecule has 3 nitrogen and oxygen atoms in total. The molecule has 0 spiro atoms. The summed E-state index contributed by atoms with van der Waals surface area (Å²) >= 11 is 0. The van der Waals surface area contributed by atoms with Gasteiger partial charge in [-0.2, -0.15) is 5.26 Å². The summed E-state index contributed by atoms with van der Waals surface area (Å²) in [4.78, 5) is 11.5. The number of rotatable bonds is 3. The summed E-state index contributed by atoms with van der Waals surface area (Å²) in [6.07, 6.45) is 1.76. The molecule has 0 saturated heterocycles. The lowest BCUT2D eigenvalue weighted by Gasteiger charge is -2.05. The number of nitriles is 1. The Bertz CT molecular complexity index is 455. The van der Waals surface area contributed by atoms with Crippen molar-refractivity contribution in [2.24, 2.45) is 0 Å². The third kappa shape index (κ3) is 3.25. The predicted molar refractivity (Wildman–Crippen MR) is 62.4 cm³/mol. The molecule has 82 valence electrons. The van der Waals surface area contributed by atoms with Crippen LogP contribution in [0.15, 0.2) is 35.9 Å². The highest BCUT2D eigenvalue weighted by atomic mass is 16.1. The number of allylic oxidation sites excluding steroid dienone is 1. The Balaban J connectivity index is 2.62. The van der Waals surface area contributed by atoms with Gasteiger partial charge in [0.1, 0.15) is 0 Å². The number of carbonyl (C=O) groups excluding carboxylic acids is 1. The molecule has 16 heavy (non-hydrogen) atoms. The topological polar surface area (TPSA) is 52.9 Å². The Hall–Kier alpha value is -2.08. The summed E-state index contributed by atoms with van der Waals surface area (Å²) in [7, 11) is 0. The zero-order valence-electron chi connectivity index (χ0n) is 9.45. The molecule has 0 aliphatic rings. The second kappa shape index (κ2) is 5.72. The molecule has 0 heterocycles. The standard InChI is InChI=1S/C13H14N2O/c1-3-10(2)13(16)15-9-12-6-4-5-11(7-12)8-14/h3-7H,9H2,1-2H3,(H,15,16)/b10-3+. The zero-order valence-corrected chi connectivity index (χ0v) is 9.45. The first-order valence-electron chi connectivity index (χ1n) is 5.07. The average molecular weight is 214 g/mol. The molecule has 1 amide bonds. The van der Waals surface area contributed by atoms with Crippen LogP contribution in [0.5, 0.6) is 0 Å². The van der Waals surface area contributed by atoms with Crippen LogP contribution in [-0.4, -0.2) is 5.91 Å². The van der Waals surface area contributed by atoms with E-state index < -0.39 is 0 Å². The van der Waals surface area contributed by atoms with Crippen molar-refractivity contribution in [2.45, 2.75) is 20.4 Å².